The molecule has 1 amide bonds. The number of halogens is 1. The lowest BCUT2D eigenvalue weighted by molar-refractivity contribution is -0.385. The fraction of sp³-hybridized carbons (Fsp3) is 0.350. The van der Waals surface area contributed by atoms with Gasteiger partial charge in [0, 0.05) is 43.4 Å². The van der Waals surface area contributed by atoms with E-state index in [9.17, 15) is 14.9 Å². The van der Waals surface area contributed by atoms with E-state index in [0.29, 0.717) is 16.3 Å². The highest BCUT2D eigenvalue weighted by molar-refractivity contribution is 6.34. The van der Waals surface area contributed by atoms with Crippen molar-refractivity contribution in [3.8, 4) is 0 Å². The first-order valence-electron chi connectivity index (χ1n) is 9.23. The lowest BCUT2D eigenvalue weighted by atomic mass is 10.1. The number of carbonyl (C=O) groups is 1. The molecular weight excluding hydrogens is 380 g/mol. The third-order valence-electron chi connectivity index (χ3n) is 5.12. The number of anilines is 2. The topological polar surface area (TPSA) is 78.7 Å². The van der Waals surface area contributed by atoms with E-state index in [2.05, 4.69) is 22.0 Å². The van der Waals surface area contributed by atoms with Crippen molar-refractivity contribution >= 4 is 34.6 Å². The number of nitrogens with one attached hydrogen (secondary N) is 1. The lowest BCUT2D eigenvalue weighted by Crippen LogP contribution is -2.46. The Balaban J connectivity index is 1.88. The van der Waals surface area contributed by atoms with E-state index in [1.807, 2.05) is 0 Å². The molecule has 3 rings (SSSR count). The normalized spacial score (nSPS) is 14.8. The number of amides is 1. The predicted molar refractivity (Wildman–Crippen MR) is 112 cm³/mol. The van der Waals surface area contributed by atoms with Gasteiger partial charge >= 0.3 is 0 Å². The molecule has 148 valence electrons. The van der Waals surface area contributed by atoms with E-state index in [0.717, 1.165) is 38.4 Å². The molecule has 2 aromatic carbocycles. The molecule has 2 aromatic rings. The molecule has 1 heterocycles. The SMILES string of the molecule is CCN1CCN(c2c(Cl)cccc2NC(=O)c2cccc([N+](=O)[O-])c2C)CC1. The zero-order chi connectivity index (χ0) is 20.3. The third kappa shape index (κ3) is 4.10. The smallest absolute Gasteiger partial charge is 0.273 e. The summed E-state index contributed by atoms with van der Waals surface area (Å²) in [6, 6.07) is 9.88. The number of nitrogens with zero attached hydrogens (tertiary/aromatic N) is 3. The molecule has 1 aliphatic rings. The summed E-state index contributed by atoms with van der Waals surface area (Å²) in [6.45, 7) is 8.21. The zero-order valence-corrected chi connectivity index (χ0v) is 16.7. The molecule has 8 heteroatoms. The monoisotopic (exact) mass is 402 g/mol. The maximum absolute atomic E-state index is 12.9. The minimum Gasteiger partial charge on any atom is -0.366 e. The number of hydrogen-bond acceptors (Lipinski definition) is 5. The molecule has 0 unspecified atom stereocenters. The van der Waals surface area contributed by atoms with Gasteiger partial charge in [-0.25, -0.2) is 0 Å². The molecule has 1 aliphatic heterocycles. The van der Waals surface area contributed by atoms with E-state index in [1.165, 1.54) is 12.1 Å². The summed E-state index contributed by atoms with van der Waals surface area (Å²) in [5, 5.41) is 14.6. The van der Waals surface area contributed by atoms with Crippen molar-refractivity contribution in [1.82, 2.24) is 4.90 Å². The zero-order valence-electron chi connectivity index (χ0n) is 15.9. The minimum absolute atomic E-state index is 0.0744. The first kappa shape index (κ1) is 20.1. The molecule has 7 nitrogen and oxygen atoms in total. The average Bonchev–Trinajstić information content (AvgIpc) is 2.68. The molecule has 0 aromatic heterocycles. The summed E-state index contributed by atoms with van der Waals surface area (Å²) < 4.78 is 0. The standard InChI is InChI=1S/C20H23ClN4O3/c1-3-23-10-12-24(13-11-23)19-16(21)7-5-8-17(19)22-20(26)15-6-4-9-18(14(15)2)25(27)28/h4-9H,3,10-13H2,1-2H3,(H,22,26). The molecular formula is C20H23ClN4O3. The lowest BCUT2D eigenvalue weighted by Gasteiger charge is -2.36. The Labute approximate surface area is 169 Å². The summed E-state index contributed by atoms with van der Waals surface area (Å²) in [5.41, 5.74) is 1.93. The maximum Gasteiger partial charge on any atom is 0.273 e. The second-order valence-electron chi connectivity index (χ2n) is 6.72. The van der Waals surface area contributed by atoms with E-state index in [-0.39, 0.29) is 11.3 Å². The molecule has 0 atom stereocenters. The molecule has 28 heavy (non-hydrogen) atoms. The van der Waals surface area contributed by atoms with Crippen molar-refractivity contribution in [3.63, 3.8) is 0 Å². The summed E-state index contributed by atoms with van der Waals surface area (Å²) in [6.07, 6.45) is 0. The number of para-hydroxylation sites is 1. The van der Waals surface area contributed by atoms with Crippen LogP contribution in [-0.2, 0) is 0 Å². The summed E-state index contributed by atoms with van der Waals surface area (Å²) in [4.78, 5) is 28.1. The number of nitro groups is 1. The average molecular weight is 403 g/mol. The van der Waals surface area contributed by atoms with Gasteiger partial charge in [0.1, 0.15) is 0 Å². The largest absolute Gasteiger partial charge is 0.366 e. The van der Waals surface area contributed by atoms with Gasteiger partial charge < -0.3 is 15.1 Å². The molecule has 1 saturated heterocycles. The Hall–Kier alpha value is -2.64. The van der Waals surface area contributed by atoms with Crippen molar-refractivity contribution in [2.24, 2.45) is 0 Å². The summed E-state index contributed by atoms with van der Waals surface area (Å²) in [5.74, 6) is -0.392. The van der Waals surface area contributed by atoms with E-state index >= 15 is 0 Å². The van der Waals surface area contributed by atoms with Gasteiger partial charge in [-0.15, -0.1) is 0 Å². The Morgan fingerprint density at radius 2 is 1.86 bits per heavy atom. The Kier molecular flexibility index (Phi) is 6.16. The second-order valence-corrected chi connectivity index (χ2v) is 7.13. The Morgan fingerprint density at radius 1 is 1.18 bits per heavy atom. The Bertz CT molecular complexity index is 895. The fourth-order valence-corrected chi connectivity index (χ4v) is 3.78. The number of likely N-dealkylation sites (N-methyl/N-ethyl adjacent to an activating group) is 1. The highest BCUT2D eigenvalue weighted by Crippen LogP contribution is 2.35. The van der Waals surface area contributed by atoms with Crippen molar-refractivity contribution < 1.29 is 9.72 Å². The highest BCUT2D eigenvalue weighted by Gasteiger charge is 2.23. The van der Waals surface area contributed by atoms with Crippen LogP contribution in [0, 0.1) is 17.0 Å². The minimum atomic E-state index is -0.482. The van der Waals surface area contributed by atoms with Gasteiger partial charge in [0.05, 0.1) is 21.3 Å². The van der Waals surface area contributed by atoms with Crippen LogP contribution in [0.1, 0.15) is 22.8 Å². The fourth-order valence-electron chi connectivity index (χ4n) is 3.48. The first-order valence-corrected chi connectivity index (χ1v) is 9.61. The van der Waals surface area contributed by atoms with E-state index in [1.54, 1.807) is 31.2 Å². The van der Waals surface area contributed by atoms with Crippen LogP contribution in [0.4, 0.5) is 17.1 Å². The van der Waals surface area contributed by atoms with E-state index < -0.39 is 10.8 Å². The van der Waals surface area contributed by atoms with Crippen LogP contribution in [0.15, 0.2) is 36.4 Å². The first-order chi connectivity index (χ1) is 13.4. The number of nitro benzene ring substituents is 1. The van der Waals surface area contributed by atoms with Crippen molar-refractivity contribution in [1.29, 1.82) is 0 Å². The highest BCUT2D eigenvalue weighted by atomic mass is 35.5. The second kappa shape index (κ2) is 8.58. The van der Waals surface area contributed by atoms with Crippen LogP contribution in [0.3, 0.4) is 0 Å². The molecule has 0 bridgehead atoms. The van der Waals surface area contributed by atoms with Crippen molar-refractivity contribution in [2.45, 2.75) is 13.8 Å². The van der Waals surface area contributed by atoms with Crippen LogP contribution in [0.5, 0.6) is 0 Å². The molecule has 0 saturated carbocycles. The quantitative estimate of drug-likeness (QED) is 0.605. The molecule has 0 radical (unpaired) electrons. The molecule has 1 fully saturated rings. The number of carbonyl (C=O) groups excluding carboxylic acids is 1. The van der Waals surface area contributed by atoms with Crippen molar-refractivity contribution in [2.75, 3.05) is 42.9 Å². The van der Waals surface area contributed by atoms with Gasteiger partial charge in [0.2, 0.25) is 0 Å². The van der Waals surface area contributed by atoms with Gasteiger partial charge in [-0.2, -0.15) is 0 Å². The summed E-state index contributed by atoms with van der Waals surface area (Å²) >= 11 is 6.46. The van der Waals surface area contributed by atoms with E-state index in [4.69, 9.17) is 11.6 Å². The number of piperazine rings is 1. The third-order valence-corrected chi connectivity index (χ3v) is 5.42. The van der Waals surface area contributed by atoms with Crippen LogP contribution in [0.25, 0.3) is 0 Å². The van der Waals surface area contributed by atoms with Gasteiger partial charge in [0.25, 0.3) is 11.6 Å². The molecule has 0 spiro atoms. The molecule has 1 N–H and O–H groups in total. The van der Waals surface area contributed by atoms with Crippen LogP contribution in [-0.4, -0.2) is 48.5 Å². The number of hydrogen-bond donors (Lipinski definition) is 1. The van der Waals surface area contributed by atoms with Crippen molar-refractivity contribution in [3.05, 3.63) is 62.7 Å². The predicted octanol–water partition coefficient (Wildman–Crippen LogP) is 3.95. The summed E-state index contributed by atoms with van der Waals surface area (Å²) in [7, 11) is 0. The van der Waals surface area contributed by atoms with Gasteiger partial charge in [-0.3, -0.25) is 14.9 Å². The molecule has 0 aliphatic carbocycles. The Morgan fingerprint density at radius 3 is 2.50 bits per heavy atom. The van der Waals surface area contributed by atoms with Crippen LogP contribution < -0.4 is 10.2 Å². The van der Waals surface area contributed by atoms with Gasteiger partial charge in [-0.1, -0.05) is 30.7 Å². The number of rotatable bonds is 5. The van der Waals surface area contributed by atoms with Crippen LogP contribution >= 0.6 is 11.6 Å². The maximum atomic E-state index is 12.9. The number of benzene rings is 2. The van der Waals surface area contributed by atoms with Gasteiger partial charge in [-0.05, 0) is 31.7 Å². The van der Waals surface area contributed by atoms with Gasteiger partial charge in [0.15, 0.2) is 0 Å². The van der Waals surface area contributed by atoms with Crippen LogP contribution in [0.2, 0.25) is 5.02 Å².